The van der Waals surface area contributed by atoms with Crippen molar-refractivity contribution in [2.45, 2.75) is 62.3 Å². The number of benzene rings is 2. The summed E-state index contributed by atoms with van der Waals surface area (Å²) in [7, 11) is 0. The number of hydrogen-bond donors (Lipinski definition) is 2. The number of anilines is 2. The van der Waals surface area contributed by atoms with Gasteiger partial charge < -0.3 is 25.1 Å². The Balaban J connectivity index is 1.29. The van der Waals surface area contributed by atoms with Crippen LogP contribution in [0.3, 0.4) is 0 Å². The first kappa shape index (κ1) is 28.1. The minimum Gasteiger partial charge on any atom is -0.461 e. The van der Waals surface area contributed by atoms with Gasteiger partial charge in [0.1, 0.15) is 35.4 Å². The van der Waals surface area contributed by atoms with Gasteiger partial charge >= 0.3 is 6.01 Å². The number of alkyl halides is 1. The van der Waals surface area contributed by atoms with Gasteiger partial charge in [0.15, 0.2) is 17.2 Å². The lowest BCUT2D eigenvalue weighted by molar-refractivity contribution is 0.107. The first-order chi connectivity index (χ1) is 21.0. The molecule has 2 aromatic carbocycles. The number of ether oxygens (including phenoxy) is 1. The quantitative estimate of drug-likeness (QED) is 0.281. The molecule has 0 radical (unpaired) electrons. The van der Waals surface area contributed by atoms with Gasteiger partial charge in [0.05, 0.1) is 16.1 Å². The minimum atomic E-state index is -1.09. The predicted molar refractivity (Wildman–Crippen MR) is 157 cm³/mol. The number of nitrogens with two attached hydrogens (primary N) is 1. The van der Waals surface area contributed by atoms with Crippen LogP contribution in [0.15, 0.2) is 16.5 Å². The number of nitrogen functional groups attached to an aromatic ring is 1. The molecule has 9 nitrogen and oxygen atoms in total. The molecule has 4 aliphatic rings. The van der Waals surface area contributed by atoms with Gasteiger partial charge in [0.25, 0.3) is 6.01 Å². The Kier molecular flexibility index (Phi) is 6.25. The maximum atomic E-state index is 16.7. The van der Waals surface area contributed by atoms with Crippen LogP contribution in [-0.2, 0) is 0 Å². The van der Waals surface area contributed by atoms with Gasteiger partial charge in [-0.05, 0) is 45.2 Å². The highest BCUT2D eigenvalue weighted by molar-refractivity contribution is 6.35. The number of aromatic nitrogens is 3. The van der Waals surface area contributed by atoms with Crippen molar-refractivity contribution in [2.24, 2.45) is 0 Å². The first-order valence-electron chi connectivity index (χ1n) is 14.8. The Labute approximate surface area is 254 Å². The zero-order valence-corrected chi connectivity index (χ0v) is 24.7. The third-order valence-corrected chi connectivity index (χ3v) is 10.1. The van der Waals surface area contributed by atoms with Gasteiger partial charge in [-0.1, -0.05) is 11.6 Å². The van der Waals surface area contributed by atoms with Gasteiger partial charge in [-0.25, -0.2) is 17.6 Å². The normalized spacial score (nSPS) is 28.5. The summed E-state index contributed by atoms with van der Waals surface area (Å²) in [5, 5.41) is 3.82. The second kappa shape index (κ2) is 9.79. The van der Waals surface area contributed by atoms with Crippen molar-refractivity contribution in [1.29, 1.82) is 0 Å². The summed E-state index contributed by atoms with van der Waals surface area (Å²) in [5.74, 6) is -2.65. The fourth-order valence-electron chi connectivity index (χ4n) is 7.91. The van der Waals surface area contributed by atoms with Crippen LogP contribution in [0.2, 0.25) is 5.02 Å². The number of nitrogens with zero attached hydrogens (tertiary/aromatic N) is 5. The summed E-state index contributed by atoms with van der Waals surface area (Å²) in [6, 6.07) is 1.79. The van der Waals surface area contributed by atoms with Crippen LogP contribution in [0, 0.1) is 17.5 Å². The van der Waals surface area contributed by atoms with E-state index in [1.54, 1.807) is 0 Å². The van der Waals surface area contributed by atoms with Crippen molar-refractivity contribution in [3.05, 3.63) is 34.6 Å². The van der Waals surface area contributed by atoms with E-state index >= 15 is 8.78 Å². The lowest BCUT2D eigenvalue weighted by atomic mass is 9.95. The van der Waals surface area contributed by atoms with E-state index in [-0.39, 0.29) is 45.8 Å². The van der Waals surface area contributed by atoms with Crippen LogP contribution in [0.25, 0.3) is 33.1 Å². The topological polar surface area (TPSA) is 106 Å². The van der Waals surface area contributed by atoms with E-state index in [1.165, 1.54) is 6.07 Å². The number of halogens is 5. The van der Waals surface area contributed by atoms with E-state index in [0.717, 1.165) is 32.2 Å². The Morgan fingerprint density at radius 2 is 1.95 bits per heavy atom. The molecule has 0 saturated carbocycles. The molecule has 0 spiro atoms. The minimum absolute atomic E-state index is 0.0744. The highest BCUT2D eigenvalue weighted by Gasteiger charge is 2.49. The molecule has 0 amide bonds. The number of rotatable bonds is 5. The molecule has 232 valence electrons. The van der Waals surface area contributed by atoms with E-state index in [2.05, 4.69) is 32.0 Å². The summed E-state index contributed by atoms with van der Waals surface area (Å²) in [4.78, 5) is 17.3. The van der Waals surface area contributed by atoms with Crippen molar-refractivity contribution < 1.29 is 26.7 Å². The Bertz CT molecular complexity index is 1840. The molecule has 14 heteroatoms. The first-order valence-corrected chi connectivity index (χ1v) is 15.2. The molecule has 4 aromatic rings. The third-order valence-electron chi connectivity index (χ3n) is 9.79. The monoisotopic (exact) mass is 631 g/mol. The number of fused-ring (bicyclic) bond motifs is 5. The summed E-state index contributed by atoms with van der Waals surface area (Å²) in [6.07, 6.45) is 3.08. The second-order valence-electron chi connectivity index (χ2n) is 12.9. The fourth-order valence-corrected chi connectivity index (χ4v) is 8.20. The molecule has 6 heterocycles. The fraction of sp³-hybridized carbons (Fsp3) is 0.500. The van der Waals surface area contributed by atoms with Crippen LogP contribution in [0.1, 0.15) is 39.0 Å². The number of nitrogens with one attached hydrogen (secondary N) is 1. The van der Waals surface area contributed by atoms with Gasteiger partial charge in [0, 0.05) is 54.7 Å². The summed E-state index contributed by atoms with van der Waals surface area (Å²) in [5.41, 5.74) is 3.36. The highest BCUT2D eigenvalue weighted by atomic mass is 35.5. The second-order valence-corrected chi connectivity index (χ2v) is 13.3. The SMILES string of the molecule is C[C@@]12CC[C@H](CN(c3nc(OC[C@@]45CCCN4C[C@H](F)C5)nc4c(F)c(-c5c(F)cc(F)c6oc(N)nc56)c(Cl)cc34)C1)N2. The molecule has 2 aromatic heterocycles. The van der Waals surface area contributed by atoms with Crippen LogP contribution >= 0.6 is 11.6 Å². The van der Waals surface area contributed by atoms with Crippen LogP contribution < -0.4 is 20.7 Å². The van der Waals surface area contributed by atoms with Crippen molar-refractivity contribution in [3.63, 3.8) is 0 Å². The molecule has 2 bridgehead atoms. The van der Waals surface area contributed by atoms with E-state index in [9.17, 15) is 8.78 Å². The molecule has 4 fully saturated rings. The highest BCUT2D eigenvalue weighted by Crippen LogP contribution is 2.45. The van der Waals surface area contributed by atoms with E-state index < -0.39 is 46.3 Å². The Hall–Kier alpha value is -3.42. The van der Waals surface area contributed by atoms with Crippen molar-refractivity contribution in [1.82, 2.24) is 25.2 Å². The van der Waals surface area contributed by atoms with Crippen LogP contribution in [0.5, 0.6) is 6.01 Å². The lowest BCUT2D eigenvalue weighted by Crippen LogP contribution is -2.58. The largest absolute Gasteiger partial charge is 0.461 e. The molecular formula is C30H30ClF4N7O2. The molecule has 0 unspecified atom stereocenters. The lowest BCUT2D eigenvalue weighted by Gasteiger charge is -2.40. The third kappa shape index (κ3) is 4.30. The molecule has 3 N–H and O–H groups in total. The van der Waals surface area contributed by atoms with Gasteiger partial charge in [-0.15, -0.1) is 0 Å². The zero-order chi connectivity index (χ0) is 30.5. The summed E-state index contributed by atoms with van der Waals surface area (Å²) < 4.78 is 72.4. The van der Waals surface area contributed by atoms with Gasteiger partial charge in [-0.3, -0.25) is 4.90 Å². The van der Waals surface area contributed by atoms with Crippen molar-refractivity contribution in [3.8, 4) is 17.1 Å². The van der Waals surface area contributed by atoms with Crippen molar-refractivity contribution >= 4 is 45.4 Å². The maximum Gasteiger partial charge on any atom is 0.319 e. The molecule has 4 aliphatic heterocycles. The van der Waals surface area contributed by atoms with Crippen molar-refractivity contribution in [2.75, 3.05) is 43.4 Å². The standard InChI is InChI=1S/C30H30ClF4N7O2/c1-29-5-3-15(40-29)11-41(12-29)26-16-7-17(31)20(21-18(33)8-19(34)25-24(21)37-27(36)44-25)22(35)23(16)38-28(39-26)43-13-30-4-2-6-42(30)10-14(32)9-30/h7-8,14-15,40H,2-6,9-13H2,1H3,(H2,36,37)/t14-,15-,29-,30+/m1/s1. The smallest absolute Gasteiger partial charge is 0.319 e. The number of hydrogen-bond acceptors (Lipinski definition) is 9. The molecule has 0 aliphatic carbocycles. The molecular weight excluding hydrogens is 602 g/mol. The van der Waals surface area contributed by atoms with E-state index in [1.807, 2.05) is 0 Å². The molecule has 44 heavy (non-hydrogen) atoms. The average Bonchev–Trinajstić information content (AvgIpc) is 3.69. The van der Waals surface area contributed by atoms with E-state index in [0.29, 0.717) is 43.3 Å². The molecule has 8 rings (SSSR count). The Morgan fingerprint density at radius 3 is 2.77 bits per heavy atom. The average molecular weight is 632 g/mol. The summed E-state index contributed by atoms with van der Waals surface area (Å²) in [6.45, 7) is 4.65. The number of oxazole rings is 1. The summed E-state index contributed by atoms with van der Waals surface area (Å²) >= 11 is 6.68. The zero-order valence-electron chi connectivity index (χ0n) is 23.9. The number of piperazine rings is 1. The predicted octanol–water partition coefficient (Wildman–Crippen LogP) is 5.38. The van der Waals surface area contributed by atoms with Gasteiger partial charge in [-0.2, -0.15) is 15.0 Å². The van der Waals surface area contributed by atoms with E-state index in [4.69, 9.17) is 31.5 Å². The van der Waals surface area contributed by atoms with Gasteiger partial charge in [0.2, 0.25) is 0 Å². The molecule has 4 saturated heterocycles. The maximum absolute atomic E-state index is 16.7. The Morgan fingerprint density at radius 1 is 1.11 bits per heavy atom. The van der Waals surface area contributed by atoms with Crippen LogP contribution in [-0.4, -0.2) is 75.9 Å². The molecule has 4 atom stereocenters. The van der Waals surface area contributed by atoms with Crippen LogP contribution in [0.4, 0.5) is 29.4 Å².